The minimum Gasteiger partial charge on any atom is -0.387 e. The van der Waals surface area contributed by atoms with Crippen LogP contribution in [0, 0.1) is 0 Å². The zero-order valence-electron chi connectivity index (χ0n) is 9.92. The standard InChI is InChI=1S/C12H19N3O/c1-3-4-5-7-15-12(16)10-9-14-8-6-11(10)13-2/h6,8-9H,3-5,7H2,1-2H3,(H,13,14)(H,15,16). The van der Waals surface area contributed by atoms with Crippen molar-refractivity contribution in [1.29, 1.82) is 0 Å². The molecule has 2 N–H and O–H groups in total. The number of rotatable bonds is 6. The molecule has 1 amide bonds. The number of nitrogens with one attached hydrogen (secondary N) is 2. The number of hydrogen-bond acceptors (Lipinski definition) is 3. The summed E-state index contributed by atoms with van der Waals surface area (Å²) in [4.78, 5) is 15.8. The van der Waals surface area contributed by atoms with Gasteiger partial charge in [-0.05, 0) is 12.5 Å². The maximum Gasteiger partial charge on any atom is 0.254 e. The smallest absolute Gasteiger partial charge is 0.254 e. The highest BCUT2D eigenvalue weighted by atomic mass is 16.1. The molecule has 0 atom stereocenters. The fourth-order valence-corrected chi connectivity index (χ4v) is 1.47. The van der Waals surface area contributed by atoms with Gasteiger partial charge in [0, 0.05) is 31.7 Å². The van der Waals surface area contributed by atoms with Crippen LogP contribution in [0.15, 0.2) is 18.5 Å². The van der Waals surface area contributed by atoms with Crippen LogP contribution in [-0.4, -0.2) is 24.5 Å². The Morgan fingerprint density at radius 1 is 1.44 bits per heavy atom. The van der Waals surface area contributed by atoms with Gasteiger partial charge in [-0.25, -0.2) is 0 Å². The predicted molar refractivity (Wildman–Crippen MR) is 65.6 cm³/mol. The normalized spacial score (nSPS) is 9.88. The maximum atomic E-state index is 11.8. The lowest BCUT2D eigenvalue weighted by Crippen LogP contribution is -2.25. The number of amides is 1. The first-order valence-corrected chi connectivity index (χ1v) is 5.69. The van der Waals surface area contributed by atoms with Gasteiger partial charge in [-0.1, -0.05) is 19.8 Å². The van der Waals surface area contributed by atoms with Crippen molar-refractivity contribution in [1.82, 2.24) is 10.3 Å². The van der Waals surface area contributed by atoms with Gasteiger partial charge in [0.2, 0.25) is 0 Å². The van der Waals surface area contributed by atoms with Crippen LogP contribution in [0.5, 0.6) is 0 Å². The molecular formula is C12H19N3O. The molecule has 16 heavy (non-hydrogen) atoms. The predicted octanol–water partition coefficient (Wildman–Crippen LogP) is 2.04. The molecule has 88 valence electrons. The van der Waals surface area contributed by atoms with E-state index in [-0.39, 0.29) is 5.91 Å². The number of anilines is 1. The molecule has 0 bridgehead atoms. The molecule has 1 aromatic rings. The number of hydrogen-bond donors (Lipinski definition) is 2. The van der Waals surface area contributed by atoms with E-state index in [0.717, 1.165) is 31.5 Å². The molecule has 1 heterocycles. The molecule has 0 aliphatic carbocycles. The maximum absolute atomic E-state index is 11.8. The van der Waals surface area contributed by atoms with Crippen molar-refractivity contribution in [3.05, 3.63) is 24.0 Å². The van der Waals surface area contributed by atoms with Gasteiger partial charge in [-0.15, -0.1) is 0 Å². The summed E-state index contributed by atoms with van der Waals surface area (Å²) < 4.78 is 0. The van der Waals surface area contributed by atoms with E-state index in [1.54, 1.807) is 25.5 Å². The van der Waals surface area contributed by atoms with Crippen molar-refractivity contribution >= 4 is 11.6 Å². The van der Waals surface area contributed by atoms with Crippen molar-refractivity contribution in [2.24, 2.45) is 0 Å². The summed E-state index contributed by atoms with van der Waals surface area (Å²) in [7, 11) is 1.79. The zero-order valence-corrected chi connectivity index (χ0v) is 9.92. The van der Waals surface area contributed by atoms with E-state index in [1.165, 1.54) is 0 Å². The van der Waals surface area contributed by atoms with Crippen LogP contribution in [-0.2, 0) is 0 Å². The van der Waals surface area contributed by atoms with Gasteiger partial charge < -0.3 is 10.6 Å². The Morgan fingerprint density at radius 3 is 2.94 bits per heavy atom. The monoisotopic (exact) mass is 221 g/mol. The van der Waals surface area contributed by atoms with Crippen LogP contribution < -0.4 is 10.6 Å². The number of carbonyl (C=O) groups excluding carboxylic acids is 1. The highest BCUT2D eigenvalue weighted by Gasteiger charge is 2.09. The second-order valence-electron chi connectivity index (χ2n) is 3.63. The summed E-state index contributed by atoms with van der Waals surface area (Å²) in [5, 5.41) is 5.87. The van der Waals surface area contributed by atoms with Gasteiger partial charge in [-0.2, -0.15) is 0 Å². The minimum atomic E-state index is -0.0615. The molecule has 0 aliphatic heterocycles. The molecule has 0 saturated heterocycles. The summed E-state index contributed by atoms with van der Waals surface area (Å²) >= 11 is 0. The molecule has 1 aromatic heterocycles. The Bertz CT molecular complexity index is 339. The summed E-state index contributed by atoms with van der Waals surface area (Å²) in [6.07, 6.45) is 6.58. The Hall–Kier alpha value is -1.58. The van der Waals surface area contributed by atoms with Crippen molar-refractivity contribution in [3.63, 3.8) is 0 Å². The van der Waals surface area contributed by atoms with Gasteiger partial charge in [0.05, 0.1) is 5.56 Å². The van der Waals surface area contributed by atoms with Gasteiger partial charge in [0.1, 0.15) is 0 Å². The van der Waals surface area contributed by atoms with Crippen LogP contribution in [0.3, 0.4) is 0 Å². The number of nitrogens with zero attached hydrogens (tertiary/aromatic N) is 1. The highest BCUT2D eigenvalue weighted by molar-refractivity contribution is 5.99. The molecule has 0 aromatic carbocycles. The number of unbranched alkanes of at least 4 members (excludes halogenated alkanes) is 2. The quantitative estimate of drug-likeness (QED) is 0.723. The molecule has 0 saturated carbocycles. The SMILES string of the molecule is CCCCCNC(=O)c1cnccc1NC. The van der Waals surface area contributed by atoms with E-state index >= 15 is 0 Å². The third-order valence-corrected chi connectivity index (χ3v) is 2.40. The number of carbonyl (C=O) groups is 1. The molecule has 1 rings (SSSR count). The van der Waals surface area contributed by atoms with E-state index < -0.39 is 0 Å². The van der Waals surface area contributed by atoms with Crippen LogP contribution in [0.2, 0.25) is 0 Å². The van der Waals surface area contributed by atoms with Gasteiger partial charge in [-0.3, -0.25) is 9.78 Å². The lowest BCUT2D eigenvalue weighted by atomic mass is 10.2. The Morgan fingerprint density at radius 2 is 2.25 bits per heavy atom. The average Bonchev–Trinajstić information content (AvgIpc) is 2.34. The molecule has 0 spiro atoms. The Balaban J connectivity index is 2.52. The van der Waals surface area contributed by atoms with E-state index in [4.69, 9.17) is 0 Å². The van der Waals surface area contributed by atoms with Crippen LogP contribution in [0.4, 0.5) is 5.69 Å². The van der Waals surface area contributed by atoms with Gasteiger partial charge in [0.25, 0.3) is 5.91 Å². The first-order valence-electron chi connectivity index (χ1n) is 5.69. The first-order chi connectivity index (χ1) is 7.79. The number of pyridine rings is 1. The highest BCUT2D eigenvalue weighted by Crippen LogP contribution is 2.11. The Labute approximate surface area is 96.5 Å². The van der Waals surface area contributed by atoms with Crippen molar-refractivity contribution in [2.75, 3.05) is 18.9 Å². The lowest BCUT2D eigenvalue weighted by molar-refractivity contribution is 0.0953. The van der Waals surface area contributed by atoms with Crippen molar-refractivity contribution in [2.45, 2.75) is 26.2 Å². The van der Waals surface area contributed by atoms with E-state index in [1.807, 2.05) is 0 Å². The lowest BCUT2D eigenvalue weighted by Gasteiger charge is -2.08. The van der Waals surface area contributed by atoms with Crippen LogP contribution in [0.1, 0.15) is 36.5 Å². The summed E-state index contributed by atoms with van der Waals surface area (Å²) in [5.74, 6) is -0.0615. The molecule has 0 fully saturated rings. The third-order valence-electron chi connectivity index (χ3n) is 2.40. The summed E-state index contributed by atoms with van der Waals surface area (Å²) in [6.45, 7) is 2.87. The van der Waals surface area contributed by atoms with Crippen molar-refractivity contribution < 1.29 is 4.79 Å². The molecule has 0 aliphatic rings. The van der Waals surface area contributed by atoms with Crippen LogP contribution >= 0.6 is 0 Å². The largest absolute Gasteiger partial charge is 0.387 e. The summed E-state index contributed by atoms with van der Waals surface area (Å²) in [5.41, 5.74) is 1.41. The number of aromatic nitrogens is 1. The molecule has 0 unspecified atom stereocenters. The zero-order chi connectivity index (χ0) is 11.8. The second-order valence-corrected chi connectivity index (χ2v) is 3.63. The minimum absolute atomic E-state index is 0.0615. The van der Waals surface area contributed by atoms with E-state index in [9.17, 15) is 4.79 Å². The molecule has 4 heteroatoms. The summed E-state index contributed by atoms with van der Waals surface area (Å²) in [6, 6.07) is 1.79. The Kier molecular flexibility index (Phi) is 5.32. The second kappa shape index (κ2) is 6.82. The van der Waals surface area contributed by atoms with Crippen molar-refractivity contribution in [3.8, 4) is 0 Å². The molecular weight excluding hydrogens is 202 g/mol. The topological polar surface area (TPSA) is 54.0 Å². The fourth-order valence-electron chi connectivity index (χ4n) is 1.47. The molecule has 0 radical (unpaired) electrons. The van der Waals surface area contributed by atoms with E-state index in [2.05, 4.69) is 22.5 Å². The van der Waals surface area contributed by atoms with Gasteiger partial charge in [0.15, 0.2) is 0 Å². The fraction of sp³-hybridized carbons (Fsp3) is 0.500. The van der Waals surface area contributed by atoms with Gasteiger partial charge >= 0.3 is 0 Å². The van der Waals surface area contributed by atoms with E-state index in [0.29, 0.717) is 5.56 Å². The molecule has 4 nitrogen and oxygen atoms in total. The third kappa shape index (κ3) is 3.53. The first kappa shape index (κ1) is 12.5. The van der Waals surface area contributed by atoms with Crippen LogP contribution in [0.25, 0.3) is 0 Å². The average molecular weight is 221 g/mol.